The smallest absolute Gasteiger partial charge is 0.248 e. The van der Waals surface area contributed by atoms with Crippen LogP contribution in [-0.2, 0) is 6.54 Å². The van der Waals surface area contributed by atoms with Gasteiger partial charge in [0.1, 0.15) is 0 Å². The Morgan fingerprint density at radius 1 is 1.35 bits per heavy atom. The van der Waals surface area contributed by atoms with Gasteiger partial charge in [-0.05, 0) is 43.0 Å². The van der Waals surface area contributed by atoms with Crippen LogP contribution in [0.5, 0.6) is 0 Å². The Kier molecular flexibility index (Phi) is 3.76. The first kappa shape index (κ1) is 12.1. The summed E-state index contributed by atoms with van der Waals surface area (Å²) in [6.45, 7) is 1.72. The highest BCUT2D eigenvalue weighted by molar-refractivity contribution is 5.92. The highest BCUT2D eigenvalue weighted by Gasteiger charge is 2.26. The average Bonchev–Trinajstić information content (AvgIpc) is 2.27. The maximum Gasteiger partial charge on any atom is 0.248 e. The number of aliphatic hydroxyl groups is 1. The molecular weight excluding hydrogens is 216 g/mol. The van der Waals surface area contributed by atoms with Gasteiger partial charge in [-0.25, -0.2) is 0 Å². The Morgan fingerprint density at radius 3 is 2.53 bits per heavy atom. The lowest BCUT2D eigenvalue weighted by atomic mass is 9.82. The van der Waals surface area contributed by atoms with Crippen LogP contribution in [0.4, 0.5) is 0 Å². The molecule has 0 saturated heterocycles. The van der Waals surface area contributed by atoms with E-state index in [1.54, 1.807) is 12.1 Å². The summed E-state index contributed by atoms with van der Waals surface area (Å²) in [5.41, 5.74) is 6.84. The van der Waals surface area contributed by atoms with Crippen molar-refractivity contribution >= 4 is 5.91 Å². The highest BCUT2D eigenvalue weighted by Crippen LogP contribution is 2.26. The maximum absolute atomic E-state index is 10.9. The van der Waals surface area contributed by atoms with Gasteiger partial charge in [-0.15, -0.1) is 0 Å². The topological polar surface area (TPSA) is 75.4 Å². The van der Waals surface area contributed by atoms with Gasteiger partial charge in [-0.2, -0.15) is 0 Å². The van der Waals surface area contributed by atoms with Crippen LogP contribution >= 0.6 is 0 Å². The van der Waals surface area contributed by atoms with Gasteiger partial charge in [0.2, 0.25) is 5.91 Å². The summed E-state index contributed by atoms with van der Waals surface area (Å²) in [5, 5.41) is 12.5. The van der Waals surface area contributed by atoms with E-state index in [0.29, 0.717) is 11.5 Å². The van der Waals surface area contributed by atoms with Gasteiger partial charge in [0.05, 0.1) is 6.10 Å². The zero-order valence-corrected chi connectivity index (χ0v) is 9.73. The lowest BCUT2D eigenvalue weighted by Crippen LogP contribution is -2.35. The summed E-state index contributed by atoms with van der Waals surface area (Å²) in [6.07, 6.45) is 1.73. The number of hydrogen-bond acceptors (Lipinski definition) is 3. The summed E-state index contributed by atoms with van der Waals surface area (Å²) in [4.78, 5) is 10.9. The number of carbonyl (C=O) groups excluding carboxylic acids is 1. The largest absolute Gasteiger partial charge is 0.393 e. The van der Waals surface area contributed by atoms with E-state index in [9.17, 15) is 4.79 Å². The molecule has 0 radical (unpaired) electrons. The normalized spacial score (nSPS) is 23.1. The van der Waals surface area contributed by atoms with Crippen molar-refractivity contribution in [2.75, 3.05) is 6.54 Å². The van der Waals surface area contributed by atoms with Gasteiger partial charge < -0.3 is 16.2 Å². The SMILES string of the molecule is NC(=O)c1ccc(CNCC2CC(O)C2)cc1. The van der Waals surface area contributed by atoms with Crippen LogP contribution in [-0.4, -0.2) is 23.7 Å². The number of aliphatic hydroxyl groups excluding tert-OH is 1. The van der Waals surface area contributed by atoms with Gasteiger partial charge in [0.15, 0.2) is 0 Å². The molecule has 0 aliphatic heterocycles. The van der Waals surface area contributed by atoms with Crippen LogP contribution in [0.2, 0.25) is 0 Å². The number of hydrogen-bond donors (Lipinski definition) is 3. The van der Waals surface area contributed by atoms with Crippen molar-refractivity contribution in [1.29, 1.82) is 0 Å². The minimum atomic E-state index is -0.395. The van der Waals surface area contributed by atoms with Crippen LogP contribution < -0.4 is 11.1 Å². The molecule has 0 spiro atoms. The molecule has 0 aromatic heterocycles. The number of primary amides is 1. The van der Waals surface area contributed by atoms with E-state index < -0.39 is 5.91 Å². The molecule has 1 fully saturated rings. The van der Waals surface area contributed by atoms with Crippen molar-refractivity contribution in [3.63, 3.8) is 0 Å². The zero-order chi connectivity index (χ0) is 12.3. The number of benzene rings is 1. The van der Waals surface area contributed by atoms with Crippen molar-refractivity contribution in [3.05, 3.63) is 35.4 Å². The van der Waals surface area contributed by atoms with Crippen molar-refractivity contribution < 1.29 is 9.90 Å². The molecule has 4 nitrogen and oxygen atoms in total. The second-order valence-corrected chi connectivity index (χ2v) is 4.68. The summed E-state index contributed by atoms with van der Waals surface area (Å²) < 4.78 is 0. The van der Waals surface area contributed by atoms with Crippen LogP contribution in [0.1, 0.15) is 28.8 Å². The first-order valence-corrected chi connectivity index (χ1v) is 5.92. The van der Waals surface area contributed by atoms with Crippen LogP contribution in [0.15, 0.2) is 24.3 Å². The number of carbonyl (C=O) groups is 1. The molecule has 1 amide bonds. The van der Waals surface area contributed by atoms with E-state index in [4.69, 9.17) is 10.8 Å². The van der Waals surface area contributed by atoms with Crippen molar-refractivity contribution in [3.8, 4) is 0 Å². The molecule has 1 aromatic rings. The molecule has 1 saturated carbocycles. The molecule has 2 rings (SSSR count). The Labute approximate surface area is 101 Å². The first-order chi connectivity index (χ1) is 8.15. The predicted molar refractivity (Wildman–Crippen MR) is 65.4 cm³/mol. The van der Waals surface area contributed by atoms with E-state index in [1.165, 1.54) is 0 Å². The Morgan fingerprint density at radius 2 is 2.00 bits per heavy atom. The molecule has 4 N–H and O–H groups in total. The second-order valence-electron chi connectivity index (χ2n) is 4.68. The van der Waals surface area contributed by atoms with Crippen molar-refractivity contribution in [1.82, 2.24) is 5.32 Å². The van der Waals surface area contributed by atoms with E-state index in [1.807, 2.05) is 12.1 Å². The monoisotopic (exact) mass is 234 g/mol. The molecule has 4 heteroatoms. The fourth-order valence-corrected chi connectivity index (χ4v) is 2.07. The van der Waals surface area contributed by atoms with Crippen LogP contribution in [0.3, 0.4) is 0 Å². The standard InChI is InChI=1S/C13H18N2O2/c14-13(17)11-3-1-9(2-4-11)7-15-8-10-5-12(16)6-10/h1-4,10,12,15-16H,5-8H2,(H2,14,17). The van der Waals surface area contributed by atoms with Crippen molar-refractivity contribution in [2.45, 2.75) is 25.5 Å². The third kappa shape index (κ3) is 3.28. The molecule has 0 heterocycles. The summed E-state index contributed by atoms with van der Waals surface area (Å²) in [5.74, 6) is 0.211. The highest BCUT2D eigenvalue weighted by atomic mass is 16.3. The summed E-state index contributed by atoms with van der Waals surface area (Å²) in [7, 11) is 0. The Balaban J connectivity index is 1.73. The quantitative estimate of drug-likeness (QED) is 0.700. The van der Waals surface area contributed by atoms with E-state index in [2.05, 4.69) is 5.32 Å². The zero-order valence-electron chi connectivity index (χ0n) is 9.73. The van der Waals surface area contributed by atoms with Crippen LogP contribution in [0.25, 0.3) is 0 Å². The molecular formula is C13H18N2O2. The Bertz CT molecular complexity index is 383. The fraction of sp³-hybridized carbons (Fsp3) is 0.462. The molecule has 0 unspecified atom stereocenters. The van der Waals surface area contributed by atoms with Gasteiger partial charge in [-0.1, -0.05) is 12.1 Å². The maximum atomic E-state index is 10.9. The third-order valence-corrected chi connectivity index (χ3v) is 3.21. The fourth-order valence-electron chi connectivity index (χ4n) is 2.07. The van der Waals surface area contributed by atoms with E-state index >= 15 is 0 Å². The molecule has 1 aliphatic carbocycles. The minimum Gasteiger partial charge on any atom is -0.393 e. The predicted octanol–water partition coefficient (Wildman–Crippen LogP) is 0.646. The number of amides is 1. The first-order valence-electron chi connectivity index (χ1n) is 5.92. The molecule has 0 atom stereocenters. The van der Waals surface area contributed by atoms with Crippen LogP contribution in [0, 0.1) is 5.92 Å². The number of nitrogens with one attached hydrogen (secondary N) is 1. The number of nitrogens with two attached hydrogens (primary N) is 1. The van der Waals surface area contributed by atoms with Gasteiger partial charge in [-0.3, -0.25) is 4.79 Å². The van der Waals surface area contributed by atoms with E-state index in [-0.39, 0.29) is 6.10 Å². The van der Waals surface area contributed by atoms with Gasteiger partial charge in [0, 0.05) is 12.1 Å². The molecule has 0 bridgehead atoms. The average molecular weight is 234 g/mol. The van der Waals surface area contributed by atoms with E-state index in [0.717, 1.165) is 31.5 Å². The lowest BCUT2D eigenvalue weighted by molar-refractivity contribution is 0.0430. The third-order valence-electron chi connectivity index (χ3n) is 3.21. The Hall–Kier alpha value is -1.39. The number of rotatable bonds is 5. The molecule has 17 heavy (non-hydrogen) atoms. The minimum absolute atomic E-state index is 0.0864. The molecule has 92 valence electrons. The van der Waals surface area contributed by atoms with Crippen molar-refractivity contribution in [2.24, 2.45) is 11.7 Å². The van der Waals surface area contributed by atoms with Gasteiger partial charge >= 0.3 is 0 Å². The second kappa shape index (κ2) is 5.29. The lowest BCUT2D eigenvalue weighted by Gasteiger charge is -2.31. The summed E-state index contributed by atoms with van der Waals surface area (Å²) in [6, 6.07) is 7.30. The molecule has 1 aromatic carbocycles. The molecule has 1 aliphatic rings. The van der Waals surface area contributed by atoms with Gasteiger partial charge in [0.25, 0.3) is 0 Å². The summed E-state index contributed by atoms with van der Waals surface area (Å²) >= 11 is 0.